The van der Waals surface area contributed by atoms with Gasteiger partial charge in [0, 0.05) is 48.7 Å². The minimum absolute atomic E-state index is 0.606. The van der Waals surface area contributed by atoms with Crippen LogP contribution in [0.4, 0.5) is 5.69 Å². The molecule has 0 bridgehead atoms. The zero-order valence-electron chi connectivity index (χ0n) is 14.8. The lowest BCUT2D eigenvalue weighted by molar-refractivity contribution is 0.319. The van der Waals surface area contributed by atoms with E-state index in [9.17, 15) is 0 Å². The average Bonchev–Trinajstić information content (AvgIpc) is 2.67. The number of alkyl halides is 2. The minimum atomic E-state index is 0.606. The number of para-hydroxylation sites is 1. The highest BCUT2D eigenvalue weighted by Gasteiger charge is 2.11. The minimum Gasteiger partial charge on any atom is -0.497 e. The van der Waals surface area contributed by atoms with Crippen LogP contribution in [-0.4, -0.2) is 54.9 Å². The number of ether oxygens (including phenoxy) is 1. The molecule has 1 heterocycles. The first kappa shape index (κ1) is 19.0. The highest BCUT2D eigenvalue weighted by Crippen LogP contribution is 2.32. The van der Waals surface area contributed by atoms with Crippen molar-refractivity contribution in [3.05, 3.63) is 42.5 Å². The Morgan fingerprint density at radius 2 is 1.69 bits per heavy atom. The zero-order valence-corrected chi connectivity index (χ0v) is 16.4. The van der Waals surface area contributed by atoms with Gasteiger partial charge in [-0.05, 0) is 24.3 Å². The Balaban J connectivity index is 1.93. The van der Waals surface area contributed by atoms with Crippen molar-refractivity contribution in [3.8, 4) is 5.75 Å². The number of halogens is 2. The fourth-order valence-electron chi connectivity index (χ4n) is 3.10. The summed E-state index contributed by atoms with van der Waals surface area (Å²) in [5, 5.41) is 5.77. The molecule has 138 valence electrons. The predicted octanol–water partition coefficient (Wildman–Crippen LogP) is 4.59. The van der Waals surface area contributed by atoms with Crippen molar-refractivity contribution >= 4 is 50.7 Å². The van der Waals surface area contributed by atoms with Crippen molar-refractivity contribution < 1.29 is 4.74 Å². The Labute approximate surface area is 164 Å². The molecule has 0 radical (unpaired) electrons. The van der Waals surface area contributed by atoms with Gasteiger partial charge in [-0.1, -0.05) is 18.2 Å². The van der Waals surface area contributed by atoms with Crippen LogP contribution < -0.4 is 10.1 Å². The molecule has 1 aromatic heterocycles. The topological polar surface area (TPSA) is 37.4 Å². The molecule has 0 spiro atoms. The van der Waals surface area contributed by atoms with Crippen molar-refractivity contribution in [2.45, 2.75) is 0 Å². The van der Waals surface area contributed by atoms with Crippen LogP contribution in [0.25, 0.3) is 21.8 Å². The molecule has 3 aromatic rings. The fraction of sp³-hybridized carbons (Fsp3) is 0.350. The maximum absolute atomic E-state index is 5.89. The molecule has 4 nitrogen and oxygen atoms in total. The Hall–Kier alpha value is -1.75. The van der Waals surface area contributed by atoms with Gasteiger partial charge in [-0.3, -0.25) is 4.90 Å². The number of rotatable bonds is 9. The highest BCUT2D eigenvalue weighted by molar-refractivity contribution is 6.18. The third kappa shape index (κ3) is 4.32. The summed E-state index contributed by atoms with van der Waals surface area (Å²) in [6, 6.07) is 14.2. The van der Waals surface area contributed by atoms with Crippen molar-refractivity contribution in [1.29, 1.82) is 0 Å². The third-order valence-electron chi connectivity index (χ3n) is 4.42. The van der Waals surface area contributed by atoms with Gasteiger partial charge in [0.05, 0.1) is 23.8 Å². The molecule has 0 aliphatic heterocycles. The number of fused-ring (bicyclic) bond motifs is 2. The molecule has 0 fully saturated rings. The van der Waals surface area contributed by atoms with Crippen LogP contribution in [-0.2, 0) is 0 Å². The number of hydrogen-bond donors (Lipinski definition) is 1. The van der Waals surface area contributed by atoms with E-state index in [-0.39, 0.29) is 0 Å². The Morgan fingerprint density at radius 1 is 0.962 bits per heavy atom. The molecule has 0 unspecified atom stereocenters. The first-order valence-electron chi connectivity index (χ1n) is 8.71. The summed E-state index contributed by atoms with van der Waals surface area (Å²) in [5.74, 6) is 2.04. The Bertz CT molecular complexity index is 866. The number of aromatic nitrogens is 1. The largest absolute Gasteiger partial charge is 0.497 e. The summed E-state index contributed by atoms with van der Waals surface area (Å²) < 4.78 is 5.40. The van der Waals surface area contributed by atoms with E-state index in [0.29, 0.717) is 11.8 Å². The van der Waals surface area contributed by atoms with Gasteiger partial charge in [0.15, 0.2) is 0 Å². The number of nitrogens with one attached hydrogen (secondary N) is 1. The lowest BCUT2D eigenvalue weighted by Crippen LogP contribution is -2.32. The highest BCUT2D eigenvalue weighted by atomic mass is 35.5. The molecular formula is C20H23Cl2N3O. The maximum Gasteiger partial charge on any atom is 0.119 e. The molecule has 0 amide bonds. The van der Waals surface area contributed by atoms with Crippen LogP contribution in [0, 0.1) is 0 Å². The van der Waals surface area contributed by atoms with Crippen LogP contribution in [0.3, 0.4) is 0 Å². The van der Waals surface area contributed by atoms with Gasteiger partial charge in [0.2, 0.25) is 0 Å². The second-order valence-corrected chi connectivity index (χ2v) is 6.79. The lowest BCUT2D eigenvalue weighted by Gasteiger charge is -2.21. The van der Waals surface area contributed by atoms with Gasteiger partial charge in [0.1, 0.15) is 5.75 Å². The van der Waals surface area contributed by atoms with Crippen molar-refractivity contribution in [1.82, 2.24) is 9.88 Å². The number of nitrogens with zero attached hydrogens (tertiary/aromatic N) is 2. The van der Waals surface area contributed by atoms with Crippen molar-refractivity contribution in [2.75, 3.05) is 50.4 Å². The predicted molar refractivity (Wildman–Crippen MR) is 112 cm³/mol. The SMILES string of the molecule is COc1ccc2nc3ccccc3c(NCCN(CCCl)CCCl)c2c1. The number of pyridine rings is 1. The quantitative estimate of drug-likeness (QED) is 0.427. The standard InChI is InChI=1S/C20H23Cl2N3O/c1-26-15-6-7-19-17(14-15)20(16-4-2-3-5-18(16)24-19)23-10-13-25(11-8-21)12-9-22/h2-7,14H,8-13H2,1H3,(H,23,24). The van der Waals surface area contributed by atoms with Crippen LogP contribution in [0.1, 0.15) is 0 Å². The molecule has 6 heteroatoms. The molecule has 0 aliphatic carbocycles. The zero-order chi connectivity index (χ0) is 18.4. The molecule has 0 saturated heterocycles. The first-order chi connectivity index (χ1) is 12.8. The molecule has 1 N–H and O–H groups in total. The van der Waals surface area contributed by atoms with Crippen LogP contribution in [0.5, 0.6) is 5.75 Å². The van der Waals surface area contributed by atoms with Crippen molar-refractivity contribution in [3.63, 3.8) is 0 Å². The van der Waals surface area contributed by atoms with Gasteiger partial charge in [-0.2, -0.15) is 0 Å². The monoisotopic (exact) mass is 391 g/mol. The normalized spacial score (nSPS) is 11.4. The first-order valence-corrected chi connectivity index (χ1v) is 9.78. The van der Waals surface area contributed by atoms with Crippen LogP contribution >= 0.6 is 23.2 Å². The van der Waals surface area contributed by atoms with Gasteiger partial charge >= 0.3 is 0 Å². The molecule has 2 aromatic carbocycles. The Kier molecular flexibility index (Phi) is 6.78. The average molecular weight is 392 g/mol. The van der Waals surface area contributed by atoms with Crippen LogP contribution in [0.2, 0.25) is 0 Å². The van der Waals surface area contributed by atoms with Crippen LogP contribution in [0.15, 0.2) is 42.5 Å². The molecule has 0 saturated carbocycles. The van der Waals surface area contributed by atoms with E-state index in [0.717, 1.165) is 59.4 Å². The fourth-order valence-corrected chi connectivity index (χ4v) is 3.58. The number of methoxy groups -OCH3 is 1. The second-order valence-electron chi connectivity index (χ2n) is 6.03. The summed E-state index contributed by atoms with van der Waals surface area (Å²) >= 11 is 11.8. The lowest BCUT2D eigenvalue weighted by atomic mass is 10.1. The number of hydrogen-bond acceptors (Lipinski definition) is 4. The number of benzene rings is 2. The summed E-state index contributed by atoms with van der Waals surface area (Å²) in [5.41, 5.74) is 3.01. The van der Waals surface area contributed by atoms with Gasteiger partial charge in [-0.25, -0.2) is 4.98 Å². The van der Waals surface area contributed by atoms with E-state index in [1.54, 1.807) is 7.11 Å². The van der Waals surface area contributed by atoms with E-state index >= 15 is 0 Å². The summed E-state index contributed by atoms with van der Waals surface area (Å²) in [6.07, 6.45) is 0. The Morgan fingerprint density at radius 3 is 2.42 bits per heavy atom. The smallest absolute Gasteiger partial charge is 0.119 e. The summed E-state index contributed by atoms with van der Waals surface area (Å²) in [7, 11) is 1.68. The number of anilines is 1. The van der Waals surface area contributed by atoms with Gasteiger partial charge < -0.3 is 10.1 Å². The van der Waals surface area contributed by atoms with E-state index in [1.807, 2.05) is 36.4 Å². The second kappa shape index (κ2) is 9.26. The molecular weight excluding hydrogens is 369 g/mol. The van der Waals surface area contributed by atoms with Gasteiger partial charge in [0.25, 0.3) is 0 Å². The molecule has 0 aliphatic rings. The molecule has 26 heavy (non-hydrogen) atoms. The van der Waals surface area contributed by atoms with E-state index in [1.165, 1.54) is 0 Å². The molecule has 0 atom stereocenters. The maximum atomic E-state index is 5.89. The van der Waals surface area contributed by atoms with Gasteiger partial charge in [-0.15, -0.1) is 23.2 Å². The summed E-state index contributed by atoms with van der Waals surface area (Å²) in [6.45, 7) is 3.35. The van der Waals surface area contributed by atoms with E-state index in [2.05, 4.69) is 16.3 Å². The molecule has 3 rings (SSSR count). The summed E-state index contributed by atoms with van der Waals surface area (Å²) in [4.78, 5) is 7.04. The van der Waals surface area contributed by atoms with Crippen molar-refractivity contribution in [2.24, 2.45) is 0 Å². The third-order valence-corrected chi connectivity index (χ3v) is 4.76. The van der Waals surface area contributed by atoms with E-state index < -0.39 is 0 Å². The van der Waals surface area contributed by atoms with E-state index in [4.69, 9.17) is 32.9 Å².